The molecule has 4 rings (SSSR count). The highest BCUT2D eigenvalue weighted by Crippen LogP contribution is 2.26. The fourth-order valence-electron chi connectivity index (χ4n) is 4.26. The van der Waals surface area contributed by atoms with E-state index in [1.165, 1.54) is 11.0 Å². The van der Waals surface area contributed by atoms with E-state index in [1.54, 1.807) is 98.5 Å². The SMILES string of the molecule is C=C/C=C\C.CC(C)(C)OC(=O)N1CCN(c2ccc(NC(=O)C(Oc3cccc(C(N)=O)c3)c3ccccc3)cc2)C(=O)C1. The topological polar surface area (TPSA) is 131 Å². The first-order valence-corrected chi connectivity index (χ1v) is 14.5. The van der Waals surface area contributed by atoms with E-state index < -0.39 is 29.6 Å². The predicted molar refractivity (Wildman–Crippen MR) is 175 cm³/mol. The van der Waals surface area contributed by atoms with E-state index in [0.717, 1.165) is 0 Å². The molecule has 1 saturated heterocycles. The lowest BCUT2D eigenvalue weighted by Crippen LogP contribution is -2.53. The molecule has 3 aromatic rings. The lowest BCUT2D eigenvalue weighted by Gasteiger charge is -2.35. The Bertz CT molecular complexity index is 1510. The van der Waals surface area contributed by atoms with Crippen LogP contribution in [0.2, 0.25) is 0 Å². The molecule has 1 aliphatic rings. The van der Waals surface area contributed by atoms with Crippen LogP contribution in [0.15, 0.2) is 104 Å². The minimum Gasteiger partial charge on any atom is -0.476 e. The molecule has 0 saturated carbocycles. The van der Waals surface area contributed by atoms with Crippen molar-refractivity contribution < 1.29 is 28.7 Å². The van der Waals surface area contributed by atoms with Crippen molar-refractivity contribution in [2.45, 2.75) is 39.4 Å². The fourth-order valence-corrected chi connectivity index (χ4v) is 4.26. The number of piperazine rings is 1. The molecule has 1 unspecified atom stereocenters. The minimum absolute atomic E-state index is 0.0829. The summed E-state index contributed by atoms with van der Waals surface area (Å²) in [5, 5.41) is 2.85. The number of hydrogen-bond donors (Lipinski definition) is 2. The largest absolute Gasteiger partial charge is 0.476 e. The van der Waals surface area contributed by atoms with Gasteiger partial charge < -0.3 is 25.4 Å². The molecule has 0 radical (unpaired) electrons. The van der Waals surface area contributed by atoms with E-state index in [4.69, 9.17) is 15.2 Å². The predicted octanol–water partition coefficient (Wildman–Crippen LogP) is 5.88. The molecule has 0 spiro atoms. The van der Waals surface area contributed by atoms with Gasteiger partial charge in [-0.1, -0.05) is 61.2 Å². The maximum Gasteiger partial charge on any atom is 0.410 e. The first-order valence-electron chi connectivity index (χ1n) is 14.5. The van der Waals surface area contributed by atoms with E-state index in [0.29, 0.717) is 35.8 Å². The van der Waals surface area contributed by atoms with Gasteiger partial charge in [-0.2, -0.15) is 0 Å². The number of ether oxygens (including phenoxy) is 2. The molecule has 10 nitrogen and oxygen atoms in total. The number of nitrogens with two attached hydrogens (primary N) is 1. The first kappa shape index (κ1) is 34.1. The van der Waals surface area contributed by atoms with E-state index in [2.05, 4.69) is 11.9 Å². The molecule has 10 heteroatoms. The second-order valence-corrected chi connectivity index (χ2v) is 11.0. The molecule has 1 atom stereocenters. The molecule has 236 valence electrons. The number of primary amides is 1. The average molecular weight is 613 g/mol. The van der Waals surface area contributed by atoms with Gasteiger partial charge in [0.2, 0.25) is 17.9 Å². The summed E-state index contributed by atoms with van der Waals surface area (Å²) >= 11 is 0. The molecule has 0 aliphatic carbocycles. The molecular formula is C35H40N4O6. The van der Waals surface area contributed by atoms with Crippen molar-refractivity contribution in [3.63, 3.8) is 0 Å². The Morgan fingerprint density at radius 1 is 0.978 bits per heavy atom. The van der Waals surface area contributed by atoms with Crippen LogP contribution in [-0.4, -0.2) is 54.0 Å². The Balaban J connectivity index is 0.00000102. The van der Waals surface area contributed by atoms with Crippen LogP contribution in [0.4, 0.5) is 16.2 Å². The van der Waals surface area contributed by atoms with Gasteiger partial charge in [-0.05, 0) is 70.2 Å². The van der Waals surface area contributed by atoms with Gasteiger partial charge in [-0.25, -0.2) is 4.79 Å². The normalized spacial score (nSPS) is 13.7. The molecule has 4 amide bonds. The van der Waals surface area contributed by atoms with Crippen LogP contribution in [-0.2, 0) is 14.3 Å². The Morgan fingerprint density at radius 2 is 1.67 bits per heavy atom. The standard InChI is InChI=1S/C30H32N4O6.C5H8/c1-30(2,3)40-29(38)33-16-17-34(25(35)19-33)23-14-12-22(13-15-23)32-28(37)26(20-8-5-4-6-9-20)39-24-11-7-10-21(18-24)27(31)36;1-3-5-4-2/h4-15,18,26H,16-17,19H2,1-3H3,(H2,31,36)(H,32,37);3-5H,1H2,2H3/b;5-4-. The Kier molecular flexibility index (Phi) is 12.1. The Morgan fingerprint density at radius 3 is 2.22 bits per heavy atom. The van der Waals surface area contributed by atoms with Gasteiger partial charge in [-0.15, -0.1) is 0 Å². The molecule has 0 aromatic heterocycles. The van der Waals surface area contributed by atoms with Gasteiger partial charge in [0, 0.05) is 35.6 Å². The van der Waals surface area contributed by atoms with Crippen LogP contribution in [0, 0.1) is 0 Å². The number of nitrogens with zero attached hydrogens (tertiary/aromatic N) is 2. The second kappa shape index (κ2) is 15.9. The average Bonchev–Trinajstić information content (AvgIpc) is 3.01. The van der Waals surface area contributed by atoms with Crippen LogP contribution in [0.3, 0.4) is 0 Å². The summed E-state index contributed by atoms with van der Waals surface area (Å²) < 4.78 is 11.4. The van der Waals surface area contributed by atoms with Crippen molar-refractivity contribution >= 4 is 35.2 Å². The summed E-state index contributed by atoms with van der Waals surface area (Å²) in [6, 6.07) is 22.1. The number of nitrogens with one attached hydrogen (secondary N) is 1. The van der Waals surface area contributed by atoms with Crippen molar-refractivity contribution in [2.24, 2.45) is 5.73 Å². The lowest BCUT2D eigenvalue weighted by molar-refractivity contribution is -0.123. The molecule has 1 heterocycles. The minimum atomic E-state index is -1.01. The Labute approximate surface area is 264 Å². The van der Waals surface area contributed by atoms with E-state index in [1.807, 2.05) is 25.1 Å². The fraction of sp³-hybridized carbons (Fsp3) is 0.257. The van der Waals surface area contributed by atoms with Crippen molar-refractivity contribution in [1.82, 2.24) is 4.90 Å². The maximum atomic E-state index is 13.3. The third kappa shape index (κ3) is 10.4. The summed E-state index contributed by atoms with van der Waals surface area (Å²) in [5.41, 5.74) is 6.77. The summed E-state index contributed by atoms with van der Waals surface area (Å²) in [5.74, 6) is -0.939. The van der Waals surface area contributed by atoms with Crippen LogP contribution < -0.4 is 20.7 Å². The van der Waals surface area contributed by atoms with Crippen LogP contribution in [0.5, 0.6) is 5.75 Å². The van der Waals surface area contributed by atoms with E-state index >= 15 is 0 Å². The van der Waals surface area contributed by atoms with Gasteiger partial charge >= 0.3 is 6.09 Å². The van der Waals surface area contributed by atoms with Crippen LogP contribution in [0.25, 0.3) is 0 Å². The maximum absolute atomic E-state index is 13.3. The molecule has 1 fully saturated rings. The number of anilines is 2. The smallest absolute Gasteiger partial charge is 0.410 e. The highest BCUT2D eigenvalue weighted by atomic mass is 16.6. The van der Waals surface area contributed by atoms with Gasteiger partial charge in [0.25, 0.3) is 5.91 Å². The molecule has 3 aromatic carbocycles. The third-order valence-corrected chi connectivity index (χ3v) is 6.36. The summed E-state index contributed by atoms with van der Waals surface area (Å²) in [6.07, 6.45) is 4.05. The number of benzene rings is 3. The number of hydrogen-bond acceptors (Lipinski definition) is 6. The zero-order valence-corrected chi connectivity index (χ0v) is 26.1. The number of carbonyl (C=O) groups excluding carboxylic acids is 4. The Hall–Kier alpha value is -5.38. The summed E-state index contributed by atoms with van der Waals surface area (Å²) in [6.45, 7) is 11.3. The summed E-state index contributed by atoms with van der Waals surface area (Å²) in [4.78, 5) is 53.0. The van der Waals surface area contributed by atoms with Gasteiger partial charge in [0.05, 0.1) is 0 Å². The lowest BCUT2D eigenvalue weighted by atomic mass is 10.1. The highest BCUT2D eigenvalue weighted by molar-refractivity contribution is 5.98. The molecule has 3 N–H and O–H groups in total. The molecule has 1 aliphatic heterocycles. The van der Waals surface area contributed by atoms with Crippen molar-refractivity contribution in [1.29, 1.82) is 0 Å². The van der Waals surface area contributed by atoms with Crippen LogP contribution >= 0.6 is 0 Å². The van der Waals surface area contributed by atoms with E-state index in [-0.39, 0.29) is 18.0 Å². The van der Waals surface area contributed by atoms with Gasteiger partial charge in [0.15, 0.2) is 0 Å². The third-order valence-electron chi connectivity index (χ3n) is 6.36. The number of carbonyl (C=O) groups is 4. The van der Waals surface area contributed by atoms with Crippen molar-refractivity contribution in [3.05, 3.63) is 115 Å². The quantitative estimate of drug-likeness (QED) is 0.306. The van der Waals surface area contributed by atoms with Crippen molar-refractivity contribution in [2.75, 3.05) is 29.9 Å². The second-order valence-electron chi connectivity index (χ2n) is 11.0. The number of allylic oxidation sites excluding steroid dienone is 3. The number of rotatable bonds is 8. The highest BCUT2D eigenvalue weighted by Gasteiger charge is 2.31. The summed E-state index contributed by atoms with van der Waals surface area (Å²) in [7, 11) is 0. The van der Waals surface area contributed by atoms with E-state index in [9.17, 15) is 19.2 Å². The van der Waals surface area contributed by atoms with Crippen molar-refractivity contribution in [3.8, 4) is 5.75 Å². The zero-order chi connectivity index (χ0) is 33.0. The molecule has 45 heavy (non-hydrogen) atoms. The molecule has 0 bridgehead atoms. The van der Waals surface area contributed by atoms with Gasteiger partial charge in [0.1, 0.15) is 17.9 Å². The first-order chi connectivity index (χ1) is 21.4. The zero-order valence-electron chi connectivity index (χ0n) is 26.1. The molecular weight excluding hydrogens is 572 g/mol. The van der Waals surface area contributed by atoms with Gasteiger partial charge in [-0.3, -0.25) is 19.3 Å². The monoisotopic (exact) mass is 612 g/mol. The van der Waals surface area contributed by atoms with Crippen LogP contribution in [0.1, 0.15) is 49.7 Å². The number of amides is 4.